The number of benzene rings is 4. The van der Waals surface area contributed by atoms with E-state index < -0.39 is 0 Å². The molecule has 0 fully saturated rings. The molecule has 0 spiro atoms. The summed E-state index contributed by atoms with van der Waals surface area (Å²) in [7, 11) is 1.67. The second-order valence-corrected chi connectivity index (χ2v) is 7.61. The van der Waals surface area contributed by atoms with Crippen LogP contribution in [-0.2, 0) is 0 Å². The Bertz CT molecular complexity index is 1390. The molecule has 0 bridgehead atoms. The monoisotopic (exact) mass is 438 g/mol. The Labute approximate surface area is 200 Å². The summed E-state index contributed by atoms with van der Waals surface area (Å²) in [5.41, 5.74) is 7.39. The number of ether oxygens (including phenoxy) is 1. The van der Waals surface area contributed by atoms with Crippen molar-refractivity contribution in [3.63, 3.8) is 0 Å². The maximum Gasteiger partial charge on any atom is 0.130 e. The predicted molar refractivity (Wildman–Crippen MR) is 137 cm³/mol. The van der Waals surface area contributed by atoms with Crippen LogP contribution in [0, 0.1) is 22.7 Å². The highest BCUT2D eigenvalue weighted by atomic mass is 16.5. The number of nitrogens with zero attached hydrogens (tertiary/aromatic N) is 2. The molecule has 0 unspecified atom stereocenters. The van der Waals surface area contributed by atoms with Gasteiger partial charge in [0.25, 0.3) is 0 Å². The SMILES string of the molecule is COc1ccc(C(=C(c2ccccc2)c2ccc(C=C(C#N)C#N)cc2)c2ccccc2)cc1. The van der Waals surface area contributed by atoms with Gasteiger partial charge in [-0.2, -0.15) is 10.5 Å². The van der Waals surface area contributed by atoms with E-state index >= 15 is 0 Å². The topological polar surface area (TPSA) is 56.8 Å². The molecule has 4 aromatic carbocycles. The molecule has 0 saturated carbocycles. The molecule has 4 aromatic rings. The van der Waals surface area contributed by atoms with Crippen molar-refractivity contribution in [3.05, 3.63) is 143 Å². The first kappa shape index (κ1) is 22.3. The van der Waals surface area contributed by atoms with Crippen LogP contribution in [-0.4, -0.2) is 7.11 Å². The van der Waals surface area contributed by atoms with Crippen molar-refractivity contribution >= 4 is 17.2 Å². The molecule has 0 heterocycles. The third-order valence-corrected chi connectivity index (χ3v) is 5.50. The molecule has 0 atom stereocenters. The molecule has 3 nitrogen and oxygen atoms in total. The summed E-state index contributed by atoms with van der Waals surface area (Å²) in [5, 5.41) is 18.2. The molecule has 34 heavy (non-hydrogen) atoms. The van der Waals surface area contributed by atoms with E-state index in [2.05, 4.69) is 36.4 Å². The second kappa shape index (κ2) is 10.6. The maximum atomic E-state index is 9.08. The zero-order valence-corrected chi connectivity index (χ0v) is 18.8. The fourth-order valence-electron chi connectivity index (χ4n) is 3.88. The zero-order valence-electron chi connectivity index (χ0n) is 18.8. The number of hydrogen-bond donors (Lipinski definition) is 0. The van der Waals surface area contributed by atoms with E-state index in [1.165, 1.54) is 0 Å². The Morgan fingerprint density at radius 2 is 1.00 bits per heavy atom. The number of hydrogen-bond acceptors (Lipinski definition) is 3. The Hall–Kier alpha value is -4.86. The highest BCUT2D eigenvalue weighted by Crippen LogP contribution is 2.37. The summed E-state index contributed by atoms with van der Waals surface area (Å²) in [6, 6.07) is 40.5. The lowest BCUT2D eigenvalue weighted by molar-refractivity contribution is 0.415. The highest BCUT2D eigenvalue weighted by Gasteiger charge is 2.16. The largest absolute Gasteiger partial charge is 0.497 e. The number of nitriles is 2. The van der Waals surface area contributed by atoms with Crippen LogP contribution < -0.4 is 4.74 Å². The summed E-state index contributed by atoms with van der Waals surface area (Å²) in [5.74, 6) is 0.805. The molecule has 162 valence electrons. The van der Waals surface area contributed by atoms with Gasteiger partial charge in [-0.15, -0.1) is 0 Å². The van der Waals surface area contributed by atoms with Gasteiger partial charge in [-0.3, -0.25) is 0 Å². The van der Waals surface area contributed by atoms with Gasteiger partial charge in [0.15, 0.2) is 0 Å². The second-order valence-electron chi connectivity index (χ2n) is 7.61. The fraction of sp³-hybridized carbons (Fsp3) is 0.0323. The third-order valence-electron chi connectivity index (χ3n) is 5.50. The summed E-state index contributed by atoms with van der Waals surface area (Å²) in [6.45, 7) is 0. The van der Waals surface area contributed by atoms with Gasteiger partial charge < -0.3 is 4.74 Å². The molecular weight excluding hydrogens is 416 g/mol. The molecular formula is C31H22N2O. The highest BCUT2D eigenvalue weighted by molar-refractivity contribution is 6.04. The van der Waals surface area contributed by atoms with Crippen LogP contribution >= 0.6 is 0 Å². The van der Waals surface area contributed by atoms with Crippen LogP contribution in [0.2, 0.25) is 0 Å². The van der Waals surface area contributed by atoms with Crippen molar-refractivity contribution < 1.29 is 4.74 Å². The Morgan fingerprint density at radius 3 is 1.41 bits per heavy atom. The first-order valence-corrected chi connectivity index (χ1v) is 10.9. The van der Waals surface area contributed by atoms with Gasteiger partial charge in [0.1, 0.15) is 23.5 Å². The first-order chi connectivity index (χ1) is 16.7. The van der Waals surface area contributed by atoms with Gasteiger partial charge in [0, 0.05) is 0 Å². The molecule has 0 aliphatic rings. The van der Waals surface area contributed by atoms with Gasteiger partial charge in [-0.1, -0.05) is 97.1 Å². The van der Waals surface area contributed by atoms with Gasteiger partial charge in [0.05, 0.1) is 7.11 Å². The first-order valence-electron chi connectivity index (χ1n) is 10.9. The Morgan fingerprint density at radius 1 is 0.588 bits per heavy atom. The van der Waals surface area contributed by atoms with E-state index in [1.807, 2.05) is 84.9 Å². The molecule has 0 aliphatic heterocycles. The Kier molecular flexibility index (Phi) is 6.99. The lowest BCUT2D eigenvalue weighted by Gasteiger charge is -2.18. The molecule has 0 amide bonds. The molecule has 4 rings (SSSR count). The van der Waals surface area contributed by atoms with Crippen molar-refractivity contribution in [2.45, 2.75) is 0 Å². The smallest absolute Gasteiger partial charge is 0.130 e. The van der Waals surface area contributed by atoms with Gasteiger partial charge in [-0.25, -0.2) is 0 Å². The van der Waals surface area contributed by atoms with Crippen LogP contribution in [0.15, 0.2) is 115 Å². The van der Waals surface area contributed by atoms with E-state index in [9.17, 15) is 0 Å². The molecule has 0 radical (unpaired) electrons. The molecule has 0 aliphatic carbocycles. The standard InChI is InChI=1S/C31H22N2O/c1-34-29-18-16-28(17-19-29)31(26-10-6-3-7-11-26)30(25-8-4-2-5-9-25)27-14-12-23(13-15-27)20-24(21-32)22-33/h2-20H,1H3. The molecule has 0 aromatic heterocycles. The minimum Gasteiger partial charge on any atom is -0.497 e. The molecule has 0 saturated heterocycles. The summed E-state index contributed by atoms with van der Waals surface area (Å²) in [4.78, 5) is 0. The minimum atomic E-state index is 0.0785. The zero-order chi connectivity index (χ0) is 23.8. The van der Waals surface area contributed by atoms with E-state index in [1.54, 1.807) is 13.2 Å². The van der Waals surface area contributed by atoms with E-state index in [-0.39, 0.29) is 5.57 Å². The van der Waals surface area contributed by atoms with Crippen molar-refractivity contribution in [2.24, 2.45) is 0 Å². The number of allylic oxidation sites excluding steroid dienone is 1. The average molecular weight is 439 g/mol. The lowest BCUT2D eigenvalue weighted by atomic mass is 9.85. The van der Waals surface area contributed by atoms with Crippen LogP contribution in [0.3, 0.4) is 0 Å². The normalized spacial score (nSPS) is 10.9. The molecule has 0 N–H and O–H groups in total. The number of methoxy groups -OCH3 is 1. The van der Waals surface area contributed by atoms with Gasteiger partial charge in [0.2, 0.25) is 0 Å². The van der Waals surface area contributed by atoms with E-state index in [0.717, 1.165) is 44.7 Å². The Balaban J connectivity index is 1.98. The third kappa shape index (κ3) is 4.96. The average Bonchev–Trinajstić information content (AvgIpc) is 2.92. The van der Waals surface area contributed by atoms with E-state index in [4.69, 9.17) is 15.3 Å². The van der Waals surface area contributed by atoms with Crippen LogP contribution in [0.25, 0.3) is 17.2 Å². The van der Waals surface area contributed by atoms with Crippen molar-refractivity contribution in [1.29, 1.82) is 10.5 Å². The van der Waals surface area contributed by atoms with Gasteiger partial charge in [-0.05, 0) is 57.2 Å². The molecule has 3 heteroatoms. The van der Waals surface area contributed by atoms with Crippen LogP contribution in [0.4, 0.5) is 0 Å². The number of rotatable bonds is 6. The summed E-state index contributed by atoms with van der Waals surface area (Å²) >= 11 is 0. The van der Waals surface area contributed by atoms with Crippen LogP contribution in [0.5, 0.6) is 5.75 Å². The predicted octanol–water partition coefficient (Wildman–Crippen LogP) is 7.13. The quantitative estimate of drug-likeness (QED) is 0.238. The summed E-state index contributed by atoms with van der Waals surface area (Å²) in [6.07, 6.45) is 1.59. The van der Waals surface area contributed by atoms with Crippen molar-refractivity contribution in [3.8, 4) is 17.9 Å². The van der Waals surface area contributed by atoms with Crippen molar-refractivity contribution in [2.75, 3.05) is 7.11 Å². The summed E-state index contributed by atoms with van der Waals surface area (Å²) < 4.78 is 5.38. The van der Waals surface area contributed by atoms with E-state index in [0.29, 0.717) is 0 Å². The maximum absolute atomic E-state index is 9.08. The van der Waals surface area contributed by atoms with Crippen molar-refractivity contribution in [1.82, 2.24) is 0 Å². The van der Waals surface area contributed by atoms with Gasteiger partial charge >= 0.3 is 0 Å². The fourth-order valence-corrected chi connectivity index (χ4v) is 3.88. The van der Waals surface area contributed by atoms with Crippen LogP contribution in [0.1, 0.15) is 27.8 Å². The lowest BCUT2D eigenvalue weighted by Crippen LogP contribution is -1.98. The minimum absolute atomic E-state index is 0.0785.